The Morgan fingerprint density at radius 1 is 1.23 bits per heavy atom. The minimum Gasteiger partial charge on any atom is -0.496 e. The second-order valence-electron chi connectivity index (χ2n) is 4.96. The number of esters is 1. The van der Waals surface area contributed by atoms with Crippen molar-refractivity contribution < 1.29 is 19.0 Å². The molecule has 7 nitrogen and oxygen atoms in total. The standard InChI is InChI=1S/C18H19N3O4S/c1-3-24-16-10-12(11-20-21-18(19)26)8-9-15(16)25-17(22)13-6-4-5-7-14(13)23-2/h4-11H,3H2,1-2H3,(H3,19,21,26)/b20-11+. The van der Waals surface area contributed by atoms with Crippen molar-refractivity contribution in [2.45, 2.75) is 6.92 Å². The fourth-order valence-corrected chi connectivity index (χ4v) is 2.15. The Kier molecular flexibility index (Phi) is 6.92. The van der Waals surface area contributed by atoms with Gasteiger partial charge in [0.2, 0.25) is 0 Å². The van der Waals surface area contributed by atoms with E-state index in [1.165, 1.54) is 13.3 Å². The number of hydrogen-bond acceptors (Lipinski definition) is 6. The summed E-state index contributed by atoms with van der Waals surface area (Å²) in [5, 5.41) is 3.95. The van der Waals surface area contributed by atoms with Crippen molar-refractivity contribution >= 4 is 29.5 Å². The summed E-state index contributed by atoms with van der Waals surface area (Å²) in [6.45, 7) is 2.24. The predicted molar refractivity (Wildman–Crippen MR) is 103 cm³/mol. The zero-order valence-electron chi connectivity index (χ0n) is 14.4. The van der Waals surface area contributed by atoms with E-state index in [9.17, 15) is 4.79 Å². The highest BCUT2D eigenvalue weighted by Gasteiger charge is 2.16. The van der Waals surface area contributed by atoms with Crippen molar-refractivity contribution in [3.05, 3.63) is 53.6 Å². The number of rotatable bonds is 7. The molecule has 0 amide bonds. The normalized spacial score (nSPS) is 10.4. The lowest BCUT2D eigenvalue weighted by atomic mass is 10.2. The van der Waals surface area contributed by atoms with Crippen molar-refractivity contribution in [2.75, 3.05) is 13.7 Å². The molecule has 0 saturated heterocycles. The van der Waals surface area contributed by atoms with E-state index in [1.54, 1.807) is 42.5 Å². The summed E-state index contributed by atoms with van der Waals surface area (Å²) in [6, 6.07) is 11.9. The molecular weight excluding hydrogens is 354 g/mol. The summed E-state index contributed by atoms with van der Waals surface area (Å²) in [7, 11) is 1.49. The topological polar surface area (TPSA) is 95.2 Å². The Morgan fingerprint density at radius 3 is 2.69 bits per heavy atom. The average Bonchev–Trinajstić information content (AvgIpc) is 2.63. The van der Waals surface area contributed by atoms with Crippen LogP contribution in [-0.2, 0) is 0 Å². The molecular formula is C18H19N3O4S. The van der Waals surface area contributed by atoms with Crippen molar-refractivity contribution in [2.24, 2.45) is 10.8 Å². The van der Waals surface area contributed by atoms with E-state index < -0.39 is 5.97 Å². The van der Waals surface area contributed by atoms with Crippen LogP contribution in [0, 0.1) is 0 Å². The lowest BCUT2D eigenvalue weighted by molar-refractivity contribution is 0.0725. The first-order chi connectivity index (χ1) is 12.5. The predicted octanol–water partition coefficient (Wildman–Crippen LogP) is 2.48. The van der Waals surface area contributed by atoms with Gasteiger partial charge in [-0.2, -0.15) is 5.10 Å². The van der Waals surface area contributed by atoms with Gasteiger partial charge < -0.3 is 19.9 Å². The van der Waals surface area contributed by atoms with Crippen LogP contribution in [0.4, 0.5) is 0 Å². The van der Waals surface area contributed by atoms with Crippen molar-refractivity contribution in [1.82, 2.24) is 5.43 Å². The zero-order valence-corrected chi connectivity index (χ0v) is 15.2. The van der Waals surface area contributed by atoms with E-state index in [4.69, 9.17) is 19.9 Å². The zero-order chi connectivity index (χ0) is 18.9. The van der Waals surface area contributed by atoms with Gasteiger partial charge in [-0.25, -0.2) is 4.79 Å². The fourth-order valence-electron chi connectivity index (χ4n) is 2.10. The number of hydrogen-bond donors (Lipinski definition) is 2. The van der Waals surface area contributed by atoms with Crippen LogP contribution < -0.4 is 25.4 Å². The quantitative estimate of drug-likeness (QED) is 0.253. The van der Waals surface area contributed by atoms with Gasteiger partial charge in [0.15, 0.2) is 16.6 Å². The summed E-state index contributed by atoms with van der Waals surface area (Å²) < 4.78 is 16.2. The van der Waals surface area contributed by atoms with Gasteiger partial charge in [0, 0.05) is 0 Å². The third kappa shape index (κ3) is 5.18. The van der Waals surface area contributed by atoms with Crippen LogP contribution in [0.2, 0.25) is 0 Å². The molecule has 0 unspecified atom stereocenters. The van der Waals surface area contributed by atoms with Crippen LogP contribution >= 0.6 is 12.2 Å². The molecule has 0 heterocycles. The van der Waals surface area contributed by atoms with E-state index in [-0.39, 0.29) is 5.11 Å². The number of methoxy groups -OCH3 is 1. The minimum atomic E-state index is -0.542. The average molecular weight is 373 g/mol. The van der Waals surface area contributed by atoms with Crippen molar-refractivity contribution in [1.29, 1.82) is 0 Å². The number of nitrogens with two attached hydrogens (primary N) is 1. The Labute approximate surface area is 156 Å². The molecule has 0 aliphatic rings. The monoisotopic (exact) mass is 373 g/mol. The summed E-state index contributed by atoms with van der Waals surface area (Å²) in [6.07, 6.45) is 1.52. The highest BCUT2D eigenvalue weighted by atomic mass is 32.1. The number of thiocarbonyl (C=S) groups is 1. The summed E-state index contributed by atoms with van der Waals surface area (Å²) in [5.74, 6) is 0.597. The molecule has 0 saturated carbocycles. The highest BCUT2D eigenvalue weighted by molar-refractivity contribution is 7.80. The van der Waals surface area contributed by atoms with Gasteiger partial charge in [0.25, 0.3) is 0 Å². The minimum absolute atomic E-state index is 0.0636. The van der Waals surface area contributed by atoms with E-state index in [0.29, 0.717) is 35.0 Å². The van der Waals surface area contributed by atoms with Gasteiger partial charge in [-0.1, -0.05) is 12.1 Å². The molecule has 0 aliphatic heterocycles. The largest absolute Gasteiger partial charge is 0.496 e. The lowest BCUT2D eigenvalue weighted by Crippen LogP contribution is -2.23. The SMILES string of the molecule is CCOc1cc(/C=N/NC(N)=S)ccc1OC(=O)c1ccccc1OC. The molecule has 2 rings (SSSR count). The molecule has 0 aromatic heterocycles. The maximum atomic E-state index is 12.5. The lowest BCUT2D eigenvalue weighted by Gasteiger charge is -2.12. The first-order valence-corrected chi connectivity index (χ1v) is 8.16. The van der Waals surface area contributed by atoms with Gasteiger partial charge in [0.1, 0.15) is 11.3 Å². The summed E-state index contributed by atoms with van der Waals surface area (Å²) in [5.41, 5.74) is 8.81. The van der Waals surface area contributed by atoms with E-state index in [1.807, 2.05) is 6.92 Å². The molecule has 0 spiro atoms. The van der Waals surface area contributed by atoms with Gasteiger partial charge in [0.05, 0.1) is 19.9 Å². The summed E-state index contributed by atoms with van der Waals surface area (Å²) in [4.78, 5) is 12.5. The molecule has 0 fully saturated rings. The van der Waals surface area contributed by atoms with Crippen molar-refractivity contribution in [3.8, 4) is 17.2 Å². The maximum absolute atomic E-state index is 12.5. The van der Waals surface area contributed by atoms with Gasteiger partial charge in [-0.15, -0.1) is 0 Å². The van der Waals surface area contributed by atoms with Crippen LogP contribution in [0.1, 0.15) is 22.8 Å². The van der Waals surface area contributed by atoms with E-state index in [2.05, 4.69) is 22.7 Å². The second kappa shape index (κ2) is 9.38. The Morgan fingerprint density at radius 2 is 2.00 bits per heavy atom. The molecule has 2 aromatic carbocycles. The Hall–Kier alpha value is -3.13. The molecule has 3 N–H and O–H groups in total. The third-order valence-electron chi connectivity index (χ3n) is 3.19. The number of carbonyl (C=O) groups excluding carboxylic acids is 1. The number of benzene rings is 2. The number of hydrazone groups is 1. The molecule has 136 valence electrons. The smallest absolute Gasteiger partial charge is 0.347 e. The van der Waals surface area contributed by atoms with Crippen LogP contribution in [0.15, 0.2) is 47.6 Å². The van der Waals surface area contributed by atoms with Crippen molar-refractivity contribution in [3.63, 3.8) is 0 Å². The summed E-state index contributed by atoms with van der Waals surface area (Å²) >= 11 is 4.67. The maximum Gasteiger partial charge on any atom is 0.347 e. The van der Waals surface area contributed by atoms with E-state index in [0.717, 1.165) is 0 Å². The number of carbonyl (C=O) groups is 1. The molecule has 0 bridgehead atoms. The molecule has 8 heteroatoms. The van der Waals surface area contributed by atoms with Crippen LogP contribution in [-0.4, -0.2) is 31.0 Å². The van der Waals surface area contributed by atoms with Gasteiger partial charge in [-0.3, -0.25) is 5.43 Å². The first kappa shape index (κ1) is 19.2. The van der Waals surface area contributed by atoms with Crippen LogP contribution in [0.5, 0.6) is 17.2 Å². The Balaban J connectivity index is 2.23. The molecule has 2 aromatic rings. The van der Waals surface area contributed by atoms with Crippen LogP contribution in [0.25, 0.3) is 0 Å². The van der Waals surface area contributed by atoms with Gasteiger partial charge >= 0.3 is 5.97 Å². The number of ether oxygens (including phenoxy) is 3. The molecule has 0 aliphatic carbocycles. The number of para-hydroxylation sites is 1. The second-order valence-corrected chi connectivity index (χ2v) is 5.40. The fraction of sp³-hybridized carbons (Fsp3) is 0.167. The first-order valence-electron chi connectivity index (χ1n) is 7.75. The third-order valence-corrected chi connectivity index (χ3v) is 3.28. The van der Waals surface area contributed by atoms with E-state index >= 15 is 0 Å². The van der Waals surface area contributed by atoms with Gasteiger partial charge in [-0.05, 0) is 55.0 Å². The molecule has 26 heavy (non-hydrogen) atoms. The number of nitrogens with zero attached hydrogens (tertiary/aromatic N) is 1. The Bertz CT molecular complexity index is 824. The number of nitrogens with one attached hydrogen (secondary N) is 1. The molecule has 0 radical (unpaired) electrons. The van der Waals surface area contributed by atoms with Crippen LogP contribution in [0.3, 0.4) is 0 Å². The molecule has 0 atom stereocenters. The highest BCUT2D eigenvalue weighted by Crippen LogP contribution is 2.30.